The molecule has 34 heavy (non-hydrogen) atoms. The Morgan fingerprint density at radius 3 is 1.18 bits per heavy atom. The molecule has 7 rings (SSSR count). The van der Waals surface area contributed by atoms with Gasteiger partial charge < -0.3 is 0 Å². The van der Waals surface area contributed by atoms with Gasteiger partial charge in [0.05, 0.1) is 52.1 Å². The van der Waals surface area contributed by atoms with Gasteiger partial charge in [-0.1, -0.05) is 66.7 Å². The van der Waals surface area contributed by atoms with Crippen molar-refractivity contribution in [2.24, 2.45) is 0 Å². The molecule has 0 spiro atoms. The zero-order valence-electron chi connectivity index (χ0n) is 18.2. The van der Waals surface area contributed by atoms with Crippen LogP contribution in [0.25, 0.3) is 33.1 Å². The lowest BCUT2D eigenvalue weighted by Crippen LogP contribution is -2.48. The first kappa shape index (κ1) is 18.8. The zero-order chi connectivity index (χ0) is 22.5. The lowest BCUT2D eigenvalue weighted by atomic mass is 10.0. The predicted molar refractivity (Wildman–Crippen MR) is 134 cm³/mol. The topological polar surface area (TPSA) is 53.5 Å². The normalized spacial score (nSPS) is 12.1. The monoisotopic (exact) mass is 440 g/mol. The van der Waals surface area contributed by atoms with E-state index in [1.807, 2.05) is 79.6 Å². The van der Waals surface area contributed by atoms with Crippen molar-refractivity contribution in [1.29, 1.82) is 0 Å². The van der Waals surface area contributed by atoms with Crippen LogP contribution in [0.2, 0.25) is 0 Å². The standard InChI is InChI=1S/C28H20N6/c1-2-10-21(11-3-1)28(32-18-29-22-12-4-7-15-25(22)32,33-19-30-23-13-5-8-16-26(23)33)34-20-31-24-14-6-9-17-27(24)34/h1-20H. The van der Waals surface area contributed by atoms with Gasteiger partial charge in [-0.3, -0.25) is 13.7 Å². The number of benzene rings is 4. The maximum atomic E-state index is 4.79. The second-order valence-corrected chi connectivity index (χ2v) is 8.31. The second-order valence-electron chi connectivity index (χ2n) is 8.31. The molecule has 0 aliphatic carbocycles. The van der Waals surface area contributed by atoms with E-state index in [0.29, 0.717) is 0 Å². The van der Waals surface area contributed by atoms with Gasteiger partial charge in [0.25, 0.3) is 0 Å². The van der Waals surface area contributed by atoms with E-state index in [2.05, 4.69) is 56.2 Å². The summed E-state index contributed by atoms with van der Waals surface area (Å²) >= 11 is 0. The van der Waals surface area contributed by atoms with Crippen LogP contribution in [-0.4, -0.2) is 28.7 Å². The number of imidazole rings is 3. The summed E-state index contributed by atoms with van der Waals surface area (Å²) in [6, 6.07) is 35.1. The van der Waals surface area contributed by atoms with E-state index in [0.717, 1.165) is 38.7 Å². The third-order valence-corrected chi connectivity index (χ3v) is 6.53. The second kappa shape index (κ2) is 7.15. The van der Waals surface area contributed by atoms with Gasteiger partial charge in [-0.15, -0.1) is 0 Å². The summed E-state index contributed by atoms with van der Waals surface area (Å²) in [5.41, 5.74) is 6.89. The van der Waals surface area contributed by atoms with Crippen molar-refractivity contribution in [1.82, 2.24) is 28.7 Å². The van der Waals surface area contributed by atoms with Crippen molar-refractivity contribution in [3.63, 3.8) is 0 Å². The van der Waals surface area contributed by atoms with Crippen molar-refractivity contribution < 1.29 is 0 Å². The van der Waals surface area contributed by atoms with Crippen LogP contribution < -0.4 is 0 Å². The summed E-state index contributed by atoms with van der Waals surface area (Å²) < 4.78 is 6.67. The Morgan fingerprint density at radius 1 is 0.412 bits per heavy atom. The molecule has 0 N–H and O–H groups in total. The van der Waals surface area contributed by atoms with E-state index >= 15 is 0 Å². The zero-order valence-corrected chi connectivity index (χ0v) is 18.2. The summed E-state index contributed by atoms with van der Waals surface area (Å²) in [5, 5.41) is 0. The number of hydrogen-bond donors (Lipinski definition) is 0. The largest absolute Gasteiger partial charge is 0.284 e. The Bertz CT molecular complexity index is 1590. The molecular weight excluding hydrogens is 420 g/mol. The minimum Gasteiger partial charge on any atom is -0.284 e. The molecule has 6 heteroatoms. The van der Waals surface area contributed by atoms with Crippen LogP contribution in [-0.2, 0) is 5.79 Å². The molecule has 0 bridgehead atoms. The highest BCUT2D eigenvalue weighted by atomic mass is 15.5. The third kappa shape index (κ3) is 2.48. The fourth-order valence-electron chi connectivity index (χ4n) is 5.05. The average Bonchev–Trinajstić information content (AvgIpc) is 3.64. The van der Waals surface area contributed by atoms with Gasteiger partial charge in [-0.25, -0.2) is 15.0 Å². The molecular formula is C28H20N6. The Hall–Kier alpha value is -4.71. The fraction of sp³-hybridized carbons (Fsp3) is 0.0357. The Kier molecular flexibility index (Phi) is 3.96. The number of fused-ring (bicyclic) bond motifs is 3. The van der Waals surface area contributed by atoms with Gasteiger partial charge >= 0.3 is 0 Å². The van der Waals surface area contributed by atoms with E-state index in [1.54, 1.807) is 0 Å². The first-order valence-electron chi connectivity index (χ1n) is 11.2. The molecule has 0 unspecified atom stereocenters. The summed E-state index contributed by atoms with van der Waals surface area (Å²) in [7, 11) is 0. The van der Waals surface area contributed by atoms with Crippen LogP contribution in [0.4, 0.5) is 0 Å². The van der Waals surface area contributed by atoms with Crippen LogP contribution >= 0.6 is 0 Å². The van der Waals surface area contributed by atoms with E-state index in [-0.39, 0.29) is 0 Å². The minimum absolute atomic E-state index is 0.885. The molecule has 0 atom stereocenters. The van der Waals surface area contributed by atoms with Crippen molar-refractivity contribution in [2.75, 3.05) is 0 Å². The first-order chi connectivity index (χ1) is 16.9. The highest BCUT2D eigenvalue weighted by Gasteiger charge is 2.41. The maximum absolute atomic E-state index is 4.79. The minimum atomic E-state index is -0.885. The molecule has 0 amide bonds. The number of nitrogens with zero attached hydrogens (tertiary/aromatic N) is 6. The SMILES string of the molecule is c1ccc(C(n2cnc3ccccc32)(n2cnc3ccccc32)n2cnc3ccccc32)cc1. The van der Waals surface area contributed by atoms with Crippen molar-refractivity contribution in [3.05, 3.63) is 128 Å². The van der Waals surface area contributed by atoms with Gasteiger partial charge in [-0.2, -0.15) is 0 Å². The lowest BCUT2D eigenvalue weighted by Gasteiger charge is -2.39. The van der Waals surface area contributed by atoms with E-state index < -0.39 is 5.79 Å². The molecule has 0 saturated carbocycles. The Labute approximate surface area is 195 Å². The van der Waals surface area contributed by atoms with Crippen molar-refractivity contribution in [2.45, 2.75) is 5.79 Å². The average molecular weight is 441 g/mol. The molecule has 0 saturated heterocycles. The summed E-state index contributed by atoms with van der Waals surface area (Å²) in [6.07, 6.45) is 5.75. The number of hydrogen-bond acceptors (Lipinski definition) is 3. The van der Waals surface area contributed by atoms with Crippen molar-refractivity contribution >= 4 is 33.1 Å². The highest BCUT2D eigenvalue weighted by Crippen LogP contribution is 2.38. The molecule has 0 aliphatic heterocycles. The fourth-order valence-corrected chi connectivity index (χ4v) is 5.05. The van der Waals surface area contributed by atoms with Crippen LogP contribution in [0.1, 0.15) is 5.56 Å². The predicted octanol–water partition coefficient (Wildman–Crippen LogP) is 5.49. The van der Waals surface area contributed by atoms with Crippen LogP contribution in [0.15, 0.2) is 122 Å². The van der Waals surface area contributed by atoms with Crippen LogP contribution in [0.3, 0.4) is 0 Å². The van der Waals surface area contributed by atoms with Gasteiger partial charge in [0.1, 0.15) is 0 Å². The molecule has 6 nitrogen and oxygen atoms in total. The molecule has 3 aromatic heterocycles. The van der Waals surface area contributed by atoms with Gasteiger partial charge in [-0.05, 0) is 36.4 Å². The van der Waals surface area contributed by atoms with Gasteiger partial charge in [0, 0.05) is 5.56 Å². The van der Waals surface area contributed by atoms with E-state index in [1.165, 1.54) is 0 Å². The van der Waals surface area contributed by atoms with E-state index in [4.69, 9.17) is 15.0 Å². The third-order valence-electron chi connectivity index (χ3n) is 6.53. The quantitative estimate of drug-likeness (QED) is 0.364. The van der Waals surface area contributed by atoms with Gasteiger partial charge in [0.15, 0.2) is 0 Å². The smallest absolute Gasteiger partial charge is 0.235 e. The summed E-state index contributed by atoms with van der Waals surface area (Å²) in [6.45, 7) is 0. The number of aromatic nitrogens is 6. The number of rotatable bonds is 4. The number of para-hydroxylation sites is 6. The van der Waals surface area contributed by atoms with Crippen LogP contribution in [0.5, 0.6) is 0 Å². The van der Waals surface area contributed by atoms with Crippen molar-refractivity contribution in [3.8, 4) is 0 Å². The molecule has 4 aromatic carbocycles. The molecule has 0 fully saturated rings. The Morgan fingerprint density at radius 2 is 0.765 bits per heavy atom. The first-order valence-corrected chi connectivity index (χ1v) is 11.2. The lowest BCUT2D eigenvalue weighted by molar-refractivity contribution is 0.257. The Balaban J connectivity index is 1.73. The van der Waals surface area contributed by atoms with E-state index in [9.17, 15) is 0 Å². The molecule has 7 aromatic rings. The molecule has 3 heterocycles. The molecule has 162 valence electrons. The highest BCUT2D eigenvalue weighted by molar-refractivity contribution is 5.80. The molecule has 0 radical (unpaired) electrons. The maximum Gasteiger partial charge on any atom is 0.235 e. The summed E-state index contributed by atoms with van der Waals surface area (Å²) in [4.78, 5) is 14.4. The van der Waals surface area contributed by atoms with Crippen LogP contribution in [0, 0.1) is 0 Å². The van der Waals surface area contributed by atoms with Gasteiger partial charge in [0.2, 0.25) is 5.79 Å². The molecule has 0 aliphatic rings. The summed E-state index contributed by atoms with van der Waals surface area (Å²) in [5.74, 6) is -0.885.